The predicted octanol–water partition coefficient (Wildman–Crippen LogP) is 13.5. The van der Waals surface area contributed by atoms with Gasteiger partial charge in [0.25, 0.3) is 0 Å². The molecule has 8 rings (SSSR count). The van der Waals surface area contributed by atoms with Crippen molar-refractivity contribution < 1.29 is 38.2 Å². The summed E-state index contributed by atoms with van der Waals surface area (Å²) in [6.45, 7) is 7.90. The summed E-state index contributed by atoms with van der Waals surface area (Å²) in [5.74, 6) is -0.763. The van der Waals surface area contributed by atoms with Gasteiger partial charge < -0.3 is 14.4 Å². The van der Waals surface area contributed by atoms with Crippen LogP contribution >= 0.6 is 0 Å². The maximum absolute atomic E-state index is 9.47. The van der Waals surface area contributed by atoms with E-state index in [1.807, 2.05) is 54.7 Å². The first-order valence-corrected chi connectivity index (χ1v) is 22.0. The van der Waals surface area contributed by atoms with Gasteiger partial charge >= 0.3 is 0 Å². The average Bonchev–Trinajstić information content (AvgIpc) is 3.57. The first-order valence-electron chi connectivity index (χ1n) is 23.5. The number of pyridine rings is 2. The van der Waals surface area contributed by atoms with E-state index >= 15 is 0 Å². The van der Waals surface area contributed by atoms with Gasteiger partial charge in [0.2, 0.25) is 0 Å². The standard InChI is InChI=1S/C36H38NO.C14H16NSi.Ir/c1-22-17-32(37-20-23(22)2)31-10-8-9-29-30-16-15-28(24(3)33(30)38-34(29)31)26-13-11-25(12-14-26)27-18-35(4,5)21-36(6,7)19-27;1-16(2,3)13-9-10-14(15-11-13)12-7-5-4-6-8-12;/h8-9,11-17,20,27H,18-19,21H2,1-7H3;4-7,9-11H,1-3H3;/q2*-1;/i1D3,2D3,3D3,27D;;. The van der Waals surface area contributed by atoms with Crippen LogP contribution in [0.4, 0.5) is 0 Å². The second-order valence-electron chi connectivity index (χ2n) is 17.2. The molecule has 285 valence electrons. The largest absolute Gasteiger partial charge is 0.500 e. The summed E-state index contributed by atoms with van der Waals surface area (Å²) in [6.07, 6.45) is 5.57. The molecular weight excluding hydrogens is 865 g/mol. The fourth-order valence-electron chi connectivity index (χ4n) is 8.11. The molecule has 3 heterocycles. The number of aromatic nitrogens is 2. The van der Waals surface area contributed by atoms with E-state index < -0.39 is 34.5 Å². The minimum absolute atomic E-state index is 0. The molecule has 0 N–H and O–H groups in total. The average molecular weight is 929 g/mol. The molecule has 0 aliphatic heterocycles. The monoisotopic (exact) mass is 929 g/mol. The van der Waals surface area contributed by atoms with Crippen molar-refractivity contribution in [2.24, 2.45) is 10.8 Å². The van der Waals surface area contributed by atoms with Crippen LogP contribution in [0.1, 0.15) is 88.8 Å². The quantitative estimate of drug-likeness (QED) is 0.128. The minimum Gasteiger partial charge on any atom is -0.500 e. The van der Waals surface area contributed by atoms with E-state index in [0.29, 0.717) is 21.9 Å². The Labute approximate surface area is 357 Å². The molecule has 3 nitrogen and oxygen atoms in total. The summed E-state index contributed by atoms with van der Waals surface area (Å²) in [7, 11) is -1.23. The van der Waals surface area contributed by atoms with Crippen molar-refractivity contribution in [1.82, 2.24) is 9.97 Å². The molecular formula is C50H54IrN2OSi-2. The molecule has 4 aromatic carbocycles. The third-order valence-corrected chi connectivity index (χ3v) is 12.3. The molecule has 1 aliphatic rings. The van der Waals surface area contributed by atoms with E-state index in [0.717, 1.165) is 42.3 Å². The number of fused-ring (bicyclic) bond motifs is 3. The smallest absolute Gasteiger partial charge is 0.124 e. The van der Waals surface area contributed by atoms with E-state index in [9.17, 15) is 1.37 Å². The molecule has 0 amide bonds. The number of furan rings is 1. The molecule has 0 bridgehead atoms. The molecule has 1 fully saturated rings. The fraction of sp³-hybridized carbons (Fsp3) is 0.320. The number of nitrogens with zero attached hydrogens (tertiary/aromatic N) is 2. The maximum Gasteiger partial charge on any atom is 0.124 e. The van der Waals surface area contributed by atoms with Gasteiger partial charge in [-0.2, -0.15) is 0 Å². The number of hydrogen-bond acceptors (Lipinski definition) is 3. The number of aryl methyl sites for hydroxylation is 3. The van der Waals surface area contributed by atoms with E-state index in [4.69, 9.17) is 16.8 Å². The zero-order chi connectivity index (χ0) is 46.8. The van der Waals surface area contributed by atoms with Crippen molar-refractivity contribution in [1.29, 1.82) is 0 Å². The molecule has 0 atom stereocenters. The Morgan fingerprint density at radius 2 is 1.47 bits per heavy atom. The van der Waals surface area contributed by atoms with E-state index in [-0.39, 0.29) is 70.0 Å². The summed E-state index contributed by atoms with van der Waals surface area (Å²) in [6, 6.07) is 34.3. The van der Waals surface area contributed by atoms with E-state index in [1.165, 1.54) is 11.3 Å². The Morgan fingerprint density at radius 3 is 2.11 bits per heavy atom. The van der Waals surface area contributed by atoms with Crippen LogP contribution < -0.4 is 5.19 Å². The second kappa shape index (κ2) is 15.8. The van der Waals surface area contributed by atoms with Crippen LogP contribution in [0, 0.1) is 43.5 Å². The van der Waals surface area contributed by atoms with Crippen molar-refractivity contribution in [3.63, 3.8) is 0 Å². The minimum atomic E-state index is -2.72. The van der Waals surface area contributed by atoms with Gasteiger partial charge in [0.05, 0.1) is 13.7 Å². The molecule has 1 radical (unpaired) electrons. The van der Waals surface area contributed by atoms with Crippen molar-refractivity contribution in [2.45, 2.75) is 93.0 Å². The molecule has 55 heavy (non-hydrogen) atoms. The molecule has 1 saturated carbocycles. The first-order chi connectivity index (χ1) is 29.6. The Bertz CT molecular complexity index is 2790. The Kier molecular flexibility index (Phi) is 8.35. The number of benzene rings is 4. The summed E-state index contributed by atoms with van der Waals surface area (Å²) in [4.78, 5) is 8.81. The Morgan fingerprint density at radius 1 is 0.745 bits per heavy atom. The van der Waals surface area contributed by atoms with Crippen LogP contribution in [-0.2, 0) is 20.1 Å². The van der Waals surface area contributed by atoms with Crippen molar-refractivity contribution >= 4 is 35.2 Å². The summed E-state index contributed by atoms with van der Waals surface area (Å²) in [5.41, 5.74) is 4.32. The third kappa shape index (κ3) is 8.80. The van der Waals surface area contributed by atoms with Gasteiger partial charge in [-0.05, 0) is 101 Å². The van der Waals surface area contributed by atoms with Gasteiger partial charge in [0, 0.05) is 51.6 Å². The first kappa shape index (κ1) is 29.1. The van der Waals surface area contributed by atoms with Crippen LogP contribution in [0.5, 0.6) is 0 Å². The van der Waals surface area contributed by atoms with Gasteiger partial charge in [0.15, 0.2) is 0 Å². The molecule has 0 unspecified atom stereocenters. The van der Waals surface area contributed by atoms with Crippen molar-refractivity contribution in [3.05, 3.63) is 138 Å². The van der Waals surface area contributed by atoms with Gasteiger partial charge in [-0.25, -0.2) is 0 Å². The number of hydrogen-bond donors (Lipinski definition) is 0. The SMILES string of the molecule is C[Si](C)(C)c1ccc(-c2[c-]cccc2)nc1.[2H]C([2H])([2H])c1cnc(-c2[c-]ccc3c2oc2c(C([2H])([2H])[2H])c(-c4ccc(C5([2H])CC(C)(C)CC(C)(C)C5)cc4)ccc23)cc1C([2H])([2H])[2H].[Ir]. The van der Waals surface area contributed by atoms with Crippen molar-refractivity contribution in [3.8, 4) is 33.6 Å². The molecule has 5 heteroatoms. The second-order valence-corrected chi connectivity index (χ2v) is 22.3. The van der Waals surface area contributed by atoms with E-state index in [1.54, 1.807) is 24.3 Å². The number of rotatable bonds is 5. The van der Waals surface area contributed by atoms with Crippen LogP contribution in [0.15, 0.2) is 108 Å². The van der Waals surface area contributed by atoms with E-state index in [2.05, 4.69) is 81.6 Å². The predicted molar refractivity (Wildman–Crippen MR) is 231 cm³/mol. The molecule has 3 aromatic heterocycles. The Hall–Kier alpha value is -4.15. The molecule has 1 aliphatic carbocycles. The maximum atomic E-state index is 9.47. The zero-order valence-corrected chi connectivity index (χ0v) is 36.0. The molecule has 7 aromatic rings. The van der Waals surface area contributed by atoms with Crippen molar-refractivity contribution in [2.75, 3.05) is 0 Å². The van der Waals surface area contributed by atoms with Gasteiger partial charge in [-0.15, -0.1) is 54.1 Å². The van der Waals surface area contributed by atoms with Gasteiger partial charge in [-0.3, -0.25) is 0 Å². The van der Waals surface area contributed by atoms with Gasteiger partial charge in [-0.1, -0.05) is 118 Å². The summed E-state index contributed by atoms with van der Waals surface area (Å²) >= 11 is 0. The fourth-order valence-corrected chi connectivity index (χ4v) is 9.14. The zero-order valence-electron chi connectivity index (χ0n) is 42.6. The van der Waals surface area contributed by atoms with Crippen LogP contribution in [0.3, 0.4) is 0 Å². The third-order valence-electron chi connectivity index (χ3n) is 10.3. The van der Waals surface area contributed by atoms with Gasteiger partial charge in [0.1, 0.15) is 5.58 Å². The molecule has 0 spiro atoms. The topological polar surface area (TPSA) is 38.9 Å². The van der Waals surface area contributed by atoms with Crippen LogP contribution in [0.2, 0.25) is 19.6 Å². The van der Waals surface area contributed by atoms with Crippen LogP contribution in [0.25, 0.3) is 55.6 Å². The summed E-state index contributed by atoms with van der Waals surface area (Å²) < 4.78 is 88.8. The molecule has 0 saturated heterocycles. The Balaban J connectivity index is 0.000000346. The normalized spacial score (nSPS) is 19.3. The summed E-state index contributed by atoms with van der Waals surface area (Å²) in [5, 5.41) is 2.54. The van der Waals surface area contributed by atoms with Crippen LogP contribution in [-0.4, -0.2) is 18.0 Å².